The normalized spacial score (nSPS) is 18.0. The fraction of sp³-hybridized carbons (Fsp3) is 0.625. The fourth-order valence-corrected chi connectivity index (χ4v) is 3.58. The molecular weight excluding hydrogens is 284 g/mol. The smallest absolute Gasteiger partial charge is 0.238 e. The summed E-state index contributed by atoms with van der Waals surface area (Å²) < 4.78 is 23.2. The van der Waals surface area contributed by atoms with Gasteiger partial charge in [-0.1, -0.05) is 32.1 Å². The highest BCUT2D eigenvalue weighted by Crippen LogP contribution is 2.27. The molecule has 0 amide bonds. The molecule has 3 N–H and O–H groups in total. The molecule has 0 spiro atoms. The molecule has 0 aliphatic heterocycles. The second-order valence-electron chi connectivity index (χ2n) is 6.14. The lowest BCUT2D eigenvalue weighted by molar-refractivity contribution is 0.471. The van der Waals surface area contributed by atoms with Crippen molar-refractivity contribution < 1.29 is 8.42 Å². The van der Waals surface area contributed by atoms with E-state index in [2.05, 4.69) is 5.32 Å². The summed E-state index contributed by atoms with van der Waals surface area (Å²) in [5.74, 6) is 0. The number of hydrogen-bond donors (Lipinski definition) is 2. The highest BCUT2D eigenvalue weighted by molar-refractivity contribution is 7.89. The van der Waals surface area contributed by atoms with Crippen molar-refractivity contribution in [3.63, 3.8) is 0 Å². The summed E-state index contributed by atoms with van der Waals surface area (Å²) in [4.78, 5) is 0.193. The number of nitrogens with one attached hydrogen (secondary N) is 1. The van der Waals surface area contributed by atoms with Crippen LogP contribution in [0.2, 0.25) is 0 Å². The van der Waals surface area contributed by atoms with E-state index in [0.717, 1.165) is 29.7 Å². The monoisotopic (exact) mass is 310 g/mol. The van der Waals surface area contributed by atoms with Gasteiger partial charge in [-0.2, -0.15) is 0 Å². The third-order valence-electron chi connectivity index (χ3n) is 4.43. The van der Waals surface area contributed by atoms with Crippen LogP contribution in [0.15, 0.2) is 17.0 Å². The van der Waals surface area contributed by atoms with Crippen molar-refractivity contribution in [2.24, 2.45) is 5.14 Å². The number of hydrogen-bond acceptors (Lipinski definition) is 3. The number of sulfonamides is 1. The molecule has 1 aromatic carbocycles. The predicted molar refractivity (Wildman–Crippen MR) is 87.0 cm³/mol. The second-order valence-corrected chi connectivity index (χ2v) is 7.71. The minimum absolute atomic E-state index is 0.193. The van der Waals surface area contributed by atoms with E-state index in [4.69, 9.17) is 5.14 Å². The van der Waals surface area contributed by atoms with Crippen LogP contribution in [0, 0.1) is 13.8 Å². The molecule has 4 nitrogen and oxygen atoms in total. The summed E-state index contributed by atoms with van der Waals surface area (Å²) in [7, 11) is -3.66. The Morgan fingerprint density at radius 1 is 1.05 bits per heavy atom. The summed E-state index contributed by atoms with van der Waals surface area (Å²) in [5.41, 5.74) is 2.96. The Labute approximate surface area is 128 Å². The number of primary sulfonamides is 1. The summed E-state index contributed by atoms with van der Waals surface area (Å²) in [5, 5.41) is 8.82. The van der Waals surface area contributed by atoms with E-state index in [1.54, 1.807) is 12.1 Å². The number of aryl methyl sites for hydroxylation is 1. The van der Waals surface area contributed by atoms with Crippen molar-refractivity contribution in [2.45, 2.75) is 69.7 Å². The van der Waals surface area contributed by atoms with Gasteiger partial charge in [0.25, 0.3) is 0 Å². The molecule has 0 aromatic heterocycles. The Bertz CT molecular complexity index is 589. The molecule has 0 atom stereocenters. The Morgan fingerprint density at radius 2 is 1.62 bits per heavy atom. The average Bonchev–Trinajstić information content (AvgIpc) is 2.36. The van der Waals surface area contributed by atoms with E-state index in [9.17, 15) is 8.42 Å². The van der Waals surface area contributed by atoms with E-state index < -0.39 is 10.0 Å². The fourth-order valence-electron chi connectivity index (χ4n) is 2.96. The van der Waals surface area contributed by atoms with Gasteiger partial charge in [0.15, 0.2) is 0 Å². The highest BCUT2D eigenvalue weighted by atomic mass is 32.2. The first kappa shape index (κ1) is 16.3. The van der Waals surface area contributed by atoms with E-state index in [1.807, 2.05) is 13.8 Å². The molecule has 21 heavy (non-hydrogen) atoms. The number of nitrogens with two attached hydrogens (primary N) is 1. The molecule has 1 fully saturated rings. The van der Waals surface area contributed by atoms with Crippen molar-refractivity contribution in [1.82, 2.24) is 0 Å². The lowest BCUT2D eigenvalue weighted by Crippen LogP contribution is -2.22. The molecular formula is C16H26N2O2S. The third kappa shape index (κ3) is 4.45. The van der Waals surface area contributed by atoms with Crippen LogP contribution in [0.1, 0.15) is 56.1 Å². The van der Waals surface area contributed by atoms with Gasteiger partial charge in [-0.05, 0) is 49.9 Å². The molecule has 0 radical (unpaired) electrons. The zero-order valence-corrected chi connectivity index (χ0v) is 13.8. The summed E-state index contributed by atoms with van der Waals surface area (Å²) in [6.07, 6.45) is 8.72. The first-order chi connectivity index (χ1) is 9.88. The van der Waals surface area contributed by atoms with E-state index >= 15 is 0 Å². The van der Waals surface area contributed by atoms with Crippen LogP contribution in [-0.2, 0) is 10.0 Å². The molecule has 0 unspecified atom stereocenters. The van der Waals surface area contributed by atoms with Crippen LogP contribution in [0.3, 0.4) is 0 Å². The van der Waals surface area contributed by atoms with Gasteiger partial charge in [-0.3, -0.25) is 0 Å². The van der Waals surface area contributed by atoms with Crippen molar-refractivity contribution in [3.8, 4) is 0 Å². The predicted octanol–water partition coefficient (Wildman–Crippen LogP) is 3.48. The Hall–Kier alpha value is -1.07. The summed E-state index contributed by atoms with van der Waals surface area (Å²) in [6.45, 7) is 3.95. The van der Waals surface area contributed by atoms with Gasteiger partial charge < -0.3 is 5.32 Å². The standard InChI is InChI=1S/C16H26N2O2S/c1-12-10-15(21(17,19)20)11-16(13(12)2)18-14-8-6-4-3-5-7-9-14/h10-11,14,18H,3-9H2,1-2H3,(H2,17,19,20). The van der Waals surface area contributed by atoms with Crippen LogP contribution in [0.25, 0.3) is 0 Å². The van der Waals surface area contributed by atoms with Gasteiger partial charge in [-0.15, -0.1) is 0 Å². The molecule has 1 aromatic rings. The van der Waals surface area contributed by atoms with Gasteiger partial charge in [-0.25, -0.2) is 13.6 Å². The molecule has 5 heteroatoms. The first-order valence-electron chi connectivity index (χ1n) is 7.78. The average molecular weight is 310 g/mol. The van der Waals surface area contributed by atoms with Crippen molar-refractivity contribution >= 4 is 15.7 Å². The molecule has 0 heterocycles. The highest BCUT2D eigenvalue weighted by Gasteiger charge is 2.16. The van der Waals surface area contributed by atoms with Crippen molar-refractivity contribution in [2.75, 3.05) is 5.32 Å². The summed E-state index contributed by atoms with van der Waals surface area (Å²) >= 11 is 0. The largest absolute Gasteiger partial charge is 0.382 e. The lowest BCUT2D eigenvalue weighted by Gasteiger charge is -2.24. The Balaban J connectivity index is 2.23. The maximum atomic E-state index is 11.6. The SMILES string of the molecule is Cc1cc(S(N)(=O)=O)cc(NC2CCCCCCC2)c1C. The van der Waals surface area contributed by atoms with E-state index in [0.29, 0.717) is 6.04 Å². The van der Waals surface area contributed by atoms with Gasteiger partial charge >= 0.3 is 0 Å². The van der Waals surface area contributed by atoms with Crippen LogP contribution < -0.4 is 10.5 Å². The minimum Gasteiger partial charge on any atom is -0.382 e. The maximum Gasteiger partial charge on any atom is 0.238 e. The zero-order valence-electron chi connectivity index (χ0n) is 13.0. The minimum atomic E-state index is -3.66. The van der Waals surface area contributed by atoms with Crippen LogP contribution >= 0.6 is 0 Å². The Kier molecular flexibility index (Phi) is 5.27. The van der Waals surface area contributed by atoms with Gasteiger partial charge in [0.05, 0.1) is 4.90 Å². The maximum absolute atomic E-state index is 11.6. The topological polar surface area (TPSA) is 72.2 Å². The summed E-state index contributed by atoms with van der Waals surface area (Å²) in [6, 6.07) is 3.75. The third-order valence-corrected chi connectivity index (χ3v) is 5.33. The number of anilines is 1. The van der Waals surface area contributed by atoms with E-state index in [1.165, 1.54) is 32.1 Å². The molecule has 1 saturated carbocycles. The van der Waals surface area contributed by atoms with Crippen molar-refractivity contribution in [3.05, 3.63) is 23.3 Å². The van der Waals surface area contributed by atoms with Gasteiger partial charge in [0.2, 0.25) is 10.0 Å². The number of rotatable bonds is 3. The molecule has 1 aliphatic carbocycles. The molecule has 0 saturated heterocycles. The quantitative estimate of drug-likeness (QED) is 0.898. The van der Waals surface area contributed by atoms with Crippen LogP contribution in [0.4, 0.5) is 5.69 Å². The zero-order chi connectivity index (χ0) is 15.5. The number of benzene rings is 1. The van der Waals surface area contributed by atoms with Crippen LogP contribution in [-0.4, -0.2) is 14.5 Å². The van der Waals surface area contributed by atoms with Gasteiger partial charge in [0, 0.05) is 11.7 Å². The first-order valence-corrected chi connectivity index (χ1v) is 9.33. The van der Waals surface area contributed by atoms with E-state index in [-0.39, 0.29) is 4.90 Å². The Morgan fingerprint density at radius 3 is 2.19 bits per heavy atom. The molecule has 118 valence electrons. The second kappa shape index (κ2) is 6.79. The lowest BCUT2D eigenvalue weighted by atomic mass is 9.96. The van der Waals surface area contributed by atoms with Crippen molar-refractivity contribution in [1.29, 1.82) is 0 Å². The molecule has 1 aliphatic rings. The molecule has 0 bridgehead atoms. The molecule has 2 rings (SSSR count). The van der Waals surface area contributed by atoms with Gasteiger partial charge in [0.1, 0.15) is 0 Å². The van der Waals surface area contributed by atoms with Crippen LogP contribution in [0.5, 0.6) is 0 Å².